The Labute approximate surface area is 92.5 Å². The van der Waals surface area contributed by atoms with Gasteiger partial charge in [-0.15, -0.1) is 0 Å². The van der Waals surface area contributed by atoms with Gasteiger partial charge >= 0.3 is 0 Å². The Bertz CT molecular complexity index is 341. The minimum atomic E-state index is -0.501. The normalized spacial score (nSPS) is 25.5. The summed E-state index contributed by atoms with van der Waals surface area (Å²) in [7, 11) is 0. The van der Waals surface area contributed by atoms with Gasteiger partial charge in [-0.3, -0.25) is 0 Å². The van der Waals surface area contributed by atoms with Crippen LogP contribution in [0.4, 0.5) is 5.82 Å². The van der Waals surface area contributed by atoms with Crippen LogP contribution in [0.5, 0.6) is 0 Å². The van der Waals surface area contributed by atoms with Crippen LogP contribution in [0.1, 0.15) is 5.82 Å². The molecule has 2 atom stereocenters. The molecule has 2 rings (SSSR count). The van der Waals surface area contributed by atoms with Crippen LogP contribution in [0, 0.1) is 6.92 Å². The van der Waals surface area contributed by atoms with Gasteiger partial charge in [0.05, 0.1) is 25.4 Å². The second kappa shape index (κ2) is 4.30. The van der Waals surface area contributed by atoms with Crippen molar-refractivity contribution in [3.8, 4) is 0 Å². The van der Waals surface area contributed by atoms with Crippen LogP contribution < -0.4 is 5.32 Å². The van der Waals surface area contributed by atoms with Crippen LogP contribution in [0.3, 0.4) is 0 Å². The lowest BCUT2D eigenvalue weighted by atomic mass is 10.2. The number of aliphatic hydroxyl groups excluding tert-OH is 1. The Balaban J connectivity index is 2.10. The van der Waals surface area contributed by atoms with Gasteiger partial charge in [0, 0.05) is 6.07 Å². The summed E-state index contributed by atoms with van der Waals surface area (Å²) >= 11 is 5.79. The highest BCUT2D eigenvalue weighted by atomic mass is 35.5. The Kier molecular flexibility index (Phi) is 3.04. The predicted octanol–water partition coefficient (Wildman–Crippen LogP) is 0.610. The van der Waals surface area contributed by atoms with Crippen LogP contribution in [0.2, 0.25) is 5.15 Å². The summed E-state index contributed by atoms with van der Waals surface area (Å²) < 4.78 is 5.11. The Hall–Kier alpha value is -0.910. The zero-order chi connectivity index (χ0) is 10.8. The molecule has 2 unspecified atom stereocenters. The first-order valence-electron chi connectivity index (χ1n) is 4.68. The van der Waals surface area contributed by atoms with Gasteiger partial charge in [0.15, 0.2) is 0 Å². The van der Waals surface area contributed by atoms with E-state index in [1.165, 1.54) is 0 Å². The number of aromatic nitrogens is 2. The van der Waals surface area contributed by atoms with Crippen LogP contribution >= 0.6 is 11.6 Å². The Morgan fingerprint density at radius 1 is 1.53 bits per heavy atom. The highest BCUT2D eigenvalue weighted by Gasteiger charge is 2.26. The van der Waals surface area contributed by atoms with Gasteiger partial charge in [0.2, 0.25) is 0 Å². The molecule has 5 nitrogen and oxygen atoms in total. The maximum Gasteiger partial charge on any atom is 0.134 e. The average molecular weight is 230 g/mol. The van der Waals surface area contributed by atoms with E-state index >= 15 is 0 Å². The SMILES string of the molecule is Cc1nc(Cl)cc(NC2COCC2O)n1. The predicted molar refractivity (Wildman–Crippen MR) is 56.0 cm³/mol. The van der Waals surface area contributed by atoms with Gasteiger partial charge in [-0.1, -0.05) is 11.6 Å². The van der Waals surface area contributed by atoms with E-state index in [-0.39, 0.29) is 6.04 Å². The summed E-state index contributed by atoms with van der Waals surface area (Å²) in [5.74, 6) is 1.21. The largest absolute Gasteiger partial charge is 0.388 e. The van der Waals surface area contributed by atoms with Gasteiger partial charge in [0.25, 0.3) is 0 Å². The number of halogens is 1. The molecule has 0 amide bonds. The molecule has 0 bridgehead atoms. The molecule has 1 saturated heterocycles. The second-order valence-electron chi connectivity index (χ2n) is 3.48. The molecule has 1 aliphatic rings. The Morgan fingerprint density at radius 2 is 2.33 bits per heavy atom. The topological polar surface area (TPSA) is 67.3 Å². The number of anilines is 1. The van der Waals surface area contributed by atoms with E-state index in [1.807, 2.05) is 0 Å². The third kappa shape index (κ3) is 2.56. The van der Waals surface area contributed by atoms with Crippen molar-refractivity contribution in [1.82, 2.24) is 9.97 Å². The summed E-state index contributed by atoms with van der Waals surface area (Å²) in [4.78, 5) is 8.11. The van der Waals surface area contributed by atoms with Crippen LogP contribution in [0.25, 0.3) is 0 Å². The van der Waals surface area contributed by atoms with E-state index in [0.29, 0.717) is 30.0 Å². The van der Waals surface area contributed by atoms with E-state index in [9.17, 15) is 5.11 Å². The molecule has 0 radical (unpaired) electrons. The quantitative estimate of drug-likeness (QED) is 0.728. The number of hydrogen-bond donors (Lipinski definition) is 2. The molecular weight excluding hydrogens is 218 g/mol. The first-order chi connectivity index (χ1) is 7.15. The minimum Gasteiger partial charge on any atom is -0.388 e. The van der Waals surface area contributed by atoms with Crippen molar-refractivity contribution in [2.24, 2.45) is 0 Å². The molecule has 0 aromatic carbocycles. The van der Waals surface area contributed by atoms with Gasteiger partial charge in [-0.2, -0.15) is 0 Å². The molecule has 82 valence electrons. The van der Waals surface area contributed by atoms with Crippen LogP contribution in [-0.4, -0.2) is 40.4 Å². The maximum absolute atomic E-state index is 9.52. The fourth-order valence-electron chi connectivity index (χ4n) is 1.48. The number of aryl methyl sites for hydroxylation is 1. The molecule has 1 aromatic rings. The summed E-state index contributed by atoms with van der Waals surface area (Å²) in [6.45, 7) is 2.59. The highest BCUT2D eigenvalue weighted by molar-refractivity contribution is 6.29. The number of nitrogens with zero attached hydrogens (tertiary/aromatic N) is 2. The Morgan fingerprint density at radius 3 is 2.93 bits per heavy atom. The molecular formula is C9H12ClN3O2. The van der Waals surface area contributed by atoms with Crippen molar-refractivity contribution in [3.05, 3.63) is 17.0 Å². The fraction of sp³-hybridized carbons (Fsp3) is 0.556. The van der Waals surface area contributed by atoms with Gasteiger partial charge in [-0.05, 0) is 6.92 Å². The first kappa shape index (κ1) is 10.6. The summed E-state index contributed by atoms with van der Waals surface area (Å²) in [6.07, 6.45) is -0.501. The standard InChI is InChI=1S/C9H12ClN3O2/c1-5-11-8(10)2-9(12-5)13-6-3-15-4-7(6)14/h2,6-7,14H,3-4H2,1H3,(H,11,12,13). The third-order valence-electron chi connectivity index (χ3n) is 2.19. The van der Waals surface area contributed by atoms with E-state index < -0.39 is 6.10 Å². The van der Waals surface area contributed by atoms with E-state index in [0.717, 1.165) is 0 Å². The molecule has 0 spiro atoms. The van der Waals surface area contributed by atoms with Crippen LogP contribution in [-0.2, 0) is 4.74 Å². The summed E-state index contributed by atoms with van der Waals surface area (Å²) in [5, 5.41) is 13.0. The number of rotatable bonds is 2. The van der Waals surface area contributed by atoms with Crippen molar-refractivity contribution >= 4 is 17.4 Å². The van der Waals surface area contributed by atoms with E-state index in [1.54, 1.807) is 13.0 Å². The molecule has 15 heavy (non-hydrogen) atoms. The van der Waals surface area contributed by atoms with Crippen LogP contribution in [0.15, 0.2) is 6.07 Å². The molecule has 1 aliphatic heterocycles. The van der Waals surface area contributed by atoms with Crippen molar-refractivity contribution in [1.29, 1.82) is 0 Å². The van der Waals surface area contributed by atoms with Gasteiger partial charge < -0.3 is 15.2 Å². The lowest BCUT2D eigenvalue weighted by Gasteiger charge is -2.15. The average Bonchev–Trinajstić information content (AvgIpc) is 2.50. The first-order valence-corrected chi connectivity index (χ1v) is 5.06. The zero-order valence-electron chi connectivity index (χ0n) is 8.27. The monoisotopic (exact) mass is 229 g/mol. The second-order valence-corrected chi connectivity index (χ2v) is 3.87. The molecule has 0 saturated carbocycles. The van der Waals surface area contributed by atoms with E-state index in [2.05, 4.69) is 15.3 Å². The van der Waals surface area contributed by atoms with E-state index in [4.69, 9.17) is 16.3 Å². The smallest absolute Gasteiger partial charge is 0.134 e. The van der Waals surface area contributed by atoms with Crippen molar-refractivity contribution in [2.75, 3.05) is 18.5 Å². The zero-order valence-corrected chi connectivity index (χ0v) is 9.03. The number of nitrogens with one attached hydrogen (secondary N) is 1. The van der Waals surface area contributed by atoms with Crippen molar-refractivity contribution in [2.45, 2.75) is 19.1 Å². The summed E-state index contributed by atoms with van der Waals surface area (Å²) in [6, 6.07) is 1.50. The lowest BCUT2D eigenvalue weighted by Crippen LogP contribution is -2.32. The van der Waals surface area contributed by atoms with Gasteiger partial charge in [-0.25, -0.2) is 9.97 Å². The lowest BCUT2D eigenvalue weighted by molar-refractivity contribution is 0.125. The number of ether oxygens (including phenoxy) is 1. The fourth-order valence-corrected chi connectivity index (χ4v) is 1.70. The number of hydrogen-bond acceptors (Lipinski definition) is 5. The molecule has 2 heterocycles. The number of aliphatic hydroxyl groups is 1. The molecule has 1 fully saturated rings. The maximum atomic E-state index is 9.52. The summed E-state index contributed by atoms with van der Waals surface area (Å²) in [5.41, 5.74) is 0. The van der Waals surface area contributed by atoms with Crippen molar-refractivity contribution < 1.29 is 9.84 Å². The minimum absolute atomic E-state index is 0.129. The molecule has 1 aromatic heterocycles. The third-order valence-corrected chi connectivity index (χ3v) is 2.38. The highest BCUT2D eigenvalue weighted by Crippen LogP contribution is 2.15. The molecule has 6 heteroatoms. The van der Waals surface area contributed by atoms with Gasteiger partial charge in [0.1, 0.15) is 16.8 Å². The molecule has 0 aliphatic carbocycles. The molecule has 2 N–H and O–H groups in total. The van der Waals surface area contributed by atoms with Crippen molar-refractivity contribution in [3.63, 3.8) is 0 Å².